The first-order valence-corrected chi connectivity index (χ1v) is 4.47. The van der Waals surface area contributed by atoms with Crippen LogP contribution in [0.5, 0.6) is 0 Å². The molecule has 70 valence electrons. The van der Waals surface area contributed by atoms with Gasteiger partial charge in [0.05, 0.1) is 10.7 Å². The van der Waals surface area contributed by atoms with E-state index in [9.17, 15) is 0 Å². The zero-order valence-corrected chi connectivity index (χ0v) is 8.07. The van der Waals surface area contributed by atoms with Crippen LogP contribution in [0.1, 0.15) is 0 Å². The molecule has 0 amide bonds. The highest BCUT2D eigenvalue weighted by atomic mass is 35.5. The Hall–Kier alpha value is -1.61. The van der Waals surface area contributed by atoms with E-state index in [4.69, 9.17) is 17.3 Å². The lowest BCUT2D eigenvalue weighted by Gasteiger charge is -2.03. The molecule has 4 heteroatoms. The summed E-state index contributed by atoms with van der Waals surface area (Å²) in [6.07, 6.45) is 3.22. The van der Waals surface area contributed by atoms with Gasteiger partial charge in [-0.25, -0.2) is 4.98 Å². The maximum atomic E-state index is 5.82. The largest absolute Gasteiger partial charge is 0.383 e. The van der Waals surface area contributed by atoms with Crippen molar-refractivity contribution in [1.82, 2.24) is 9.97 Å². The number of hydrogen-bond donors (Lipinski definition) is 1. The molecule has 2 aromatic rings. The molecule has 0 saturated heterocycles. The molecule has 0 aliphatic carbocycles. The molecule has 3 nitrogen and oxygen atoms in total. The van der Waals surface area contributed by atoms with Gasteiger partial charge in [-0.2, -0.15) is 0 Å². The fraction of sp³-hybridized carbons (Fsp3) is 0. The van der Waals surface area contributed by atoms with Crippen LogP contribution in [0.2, 0.25) is 5.02 Å². The summed E-state index contributed by atoms with van der Waals surface area (Å²) < 4.78 is 0. The van der Waals surface area contributed by atoms with Crippen LogP contribution in [-0.4, -0.2) is 9.97 Å². The topological polar surface area (TPSA) is 51.8 Å². The van der Waals surface area contributed by atoms with E-state index in [1.165, 1.54) is 6.20 Å². The molecule has 2 rings (SSSR count). The van der Waals surface area contributed by atoms with Gasteiger partial charge >= 0.3 is 0 Å². The molecule has 2 aromatic heterocycles. The van der Waals surface area contributed by atoms with E-state index in [-0.39, 0.29) is 0 Å². The van der Waals surface area contributed by atoms with Crippen molar-refractivity contribution >= 4 is 17.4 Å². The summed E-state index contributed by atoms with van der Waals surface area (Å²) >= 11 is 5.82. The molecule has 0 unspecified atom stereocenters. The highest BCUT2D eigenvalue weighted by molar-refractivity contribution is 6.30. The van der Waals surface area contributed by atoms with E-state index in [2.05, 4.69) is 9.97 Å². The predicted molar refractivity (Wildman–Crippen MR) is 56.9 cm³/mol. The van der Waals surface area contributed by atoms with Crippen molar-refractivity contribution in [2.45, 2.75) is 0 Å². The molecule has 0 aliphatic rings. The lowest BCUT2D eigenvalue weighted by Crippen LogP contribution is -1.94. The number of anilines is 1. The average Bonchev–Trinajstić information content (AvgIpc) is 2.23. The third kappa shape index (κ3) is 1.67. The van der Waals surface area contributed by atoms with Crippen LogP contribution in [0.3, 0.4) is 0 Å². The van der Waals surface area contributed by atoms with Gasteiger partial charge in [0, 0.05) is 18.0 Å². The van der Waals surface area contributed by atoms with Crippen molar-refractivity contribution in [2.75, 3.05) is 5.73 Å². The first-order chi connectivity index (χ1) is 6.77. The van der Waals surface area contributed by atoms with E-state index in [0.29, 0.717) is 10.8 Å². The van der Waals surface area contributed by atoms with E-state index in [1.54, 1.807) is 12.3 Å². The number of nitrogen functional groups attached to an aromatic ring is 1. The zero-order valence-electron chi connectivity index (χ0n) is 7.31. The molecule has 0 radical (unpaired) electrons. The zero-order chi connectivity index (χ0) is 9.97. The fourth-order valence-corrected chi connectivity index (χ4v) is 1.33. The molecular formula is C10H8ClN3. The van der Waals surface area contributed by atoms with Gasteiger partial charge in [-0.1, -0.05) is 17.7 Å². The smallest absolute Gasteiger partial charge is 0.132 e. The van der Waals surface area contributed by atoms with Crippen LogP contribution in [0.15, 0.2) is 36.7 Å². The van der Waals surface area contributed by atoms with Crippen LogP contribution in [0.4, 0.5) is 5.82 Å². The van der Waals surface area contributed by atoms with Gasteiger partial charge in [0.25, 0.3) is 0 Å². The summed E-state index contributed by atoms with van der Waals surface area (Å²) in [6, 6.07) is 7.36. The summed E-state index contributed by atoms with van der Waals surface area (Å²) in [5, 5.41) is 0.555. The van der Waals surface area contributed by atoms with Crippen molar-refractivity contribution in [3.05, 3.63) is 41.7 Å². The minimum Gasteiger partial charge on any atom is -0.383 e. The Balaban J connectivity index is 2.57. The second-order valence-corrected chi connectivity index (χ2v) is 3.24. The average molecular weight is 206 g/mol. The minimum atomic E-state index is 0.438. The maximum Gasteiger partial charge on any atom is 0.132 e. The summed E-state index contributed by atoms with van der Waals surface area (Å²) in [5.41, 5.74) is 7.25. The lowest BCUT2D eigenvalue weighted by molar-refractivity contribution is 1.28. The molecule has 2 heterocycles. The summed E-state index contributed by atoms with van der Waals surface area (Å²) in [5.74, 6) is 0.438. The van der Waals surface area contributed by atoms with Gasteiger partial charge in [0.15, 0.2) is 0 Å². The number of nitrogens with zero attached hydrogens (tertiary/aromatic N) is 2. The third-order valence-electron chi connectivity index (χ3n) is 1.83. The predicted octanol–water partition coefficient (Wildman–Crippen LogP) is 2.38. The van der Waals surface area contributed by atoms with Crippen LogP contribution in [0.25, 0.3) is 11.3 Å². The number of rotatable bonds is 1. The molecule has 0 aromatic carbocycles. The summed E-state index contributed by atoms with van der Waals surface area (Å²) in [6.45, 7) is 0. The monoisotopic (exact) mass is 205 g/mol. The van der Waals surface area contributed by atoms with E-state index in [1.807, 2.05) is 18.2 Å². The molecule has 0 aliphatic heterocycles. The lowest BCUT2D eigenvalue weighted by atomic mass is 10.2. The highest BCUT2D eigenvalue weighted by Gasteiger charge is 2.04. The molecule has 0 fully saturated rings. The van der Waals surface area contributed by atoms with Crippen molar-refractivity contribution in [2.24, 2.45) is 0 Å². The van der Waals surface area contributed by atoms with Gasteiger partial charge in [-0.05, 0) is 18.2 Å². The third-order valence-corrected chi connectivity index (χ3v) is 2.03. The normalized spacial score (nSPS) is 10.1. The Morgan fingerprint density at radius 2 is 2.07 bits per heavy atom. The number of nitrogens with two attached hydrogens (primary N) is 1. The molecule has 0 spiro atoms. The maximum absolute atomic E-state index is 5.82. The quantitative estimate of drug-likeness (QED) is 0.778. The van der Waals surface area contributed by atoms with Crippen LogP contribution >= 0.6 is 11.6 Å². The number of pyridine rings is 2. The van der Waals surface area contributed by atoms with Crippen LogP contribution < -0.4 is 5.73 Å². The number of aromatic nitrogens is 2. The van der Waals surface area contributed by atoms with E-state index in [0.717, 1.165) is 11.3 Å². The standard InChI is InChI=1S/C10H8ClN3/c11-7-5-8(10(12)14-6-7)9-3-1-2-4-13-9/h1-6H,(H2,12,14). The Morgan fingerprint density at radius 3 is 2.79 bits per heavy atom. The highest BCUT2D eigenvalue weighted by Crippen LogP contribution is 2.24. The second kappa shape index (κ2) is 3.64. The second-order valence-electron chi connectivity index (χ2n) is 2.80. The van der Waals surface area contributed by atoms with Crippen LogP contribution in [-0.2, 0) is 0 Å². The molecule has 0 bridgehead atoms. The van der Waals surface area contributed by atoms with Gasteiger partial charge in [-0.3, -0.25) is 4.98 Å². The molecule has 2 N–H and O–H groups in total. The van der Waals surface area contributed by atoms with Crippen molar-refractivity contribution in [3.8, 4) is 11.3 Å². The molecule has 14 heavy (non-hydrogen) atoms. The molecule has 0 saturated carbocycles. The van der Waals surface area contributed by atoms with Gasteiger partial charge in [-0.15, -0.1) is 0 Å². The Labute approximate surface area is 86.6 Å². The van der Waals surface area contributed by atoms with Gasteiger partial charge in [0.1, 0.15) is 5.82 Å². The number of hydrogen-bond acceptors (Lipinski definition) is 3. The minimum absolute atomic E-state index is 0.438. The first kappa shape index (κ1) is 8.97. The summed E-state index contributed by atoms with van der Waals surface area (Å²) in [4.78, 5) is 8.13. The van der Waals surface area contributed by atoms with E-state index < -0.39 is 0 Å². The summed E-state index contributed by atoms with van der Waals surface area (Å²) in [7, 11) is 0. The first-order valence-electron chi connectivity index (χ1n) is 4.10. The Morgan fingerprint density at radius 1 is 1.21 bits per heavy atom. The number of halogens is 1. The van der Waals surface area contributed by atoms with Gasteiger partial charge < -0.3 is 5.73 Å². The Bertz CT molecular complexity index is 442. The van der Waals surface area contributed by atoms with E-state index >= 15 is 0 Å². The van der Waals surface area contributed by atoms with Gasteiger partial charge in [0.2, 0.25) is 0 Å². The van der Waals surface area contributed by atoms with Crippen LogP contribution in [0, 0.1) is 0 Å². The molecule has 0 atom stereocenters. The van der Waals surface area contributed by atoms with Crippen molar-refractivity contribution < 1.29 is 0 Å². The molecular weight excluding hydrogens is 198 g/mol. The fourth-order valence-electron chi connectivity index (χ4n) is 1.18. The Kier molecular flexibility index (Phi) is 2.33. The van der Waals surface area contributed by atoms with Crippen molar-refractivity contribution in [1.29, 1.82) is 0 Å². The van der Waals surface area contributed by atoms with Crippen molar-refractivity contribution in [3.63, 3.8) is 0 Å². The SMILES string of the molecule is Nc1ncc(Cl)cc1-c1ccccn1.